The first-order chi connectivity index (χ1) is 8.88. The van der Waals surface area contributed by atoms with Crippen LogP contribution in [0, 0.1) is 0 Å². The van der Waals surface area contributed by atoms with Crippen molar-refractivity contribution in [2.75, 3.05) is 41.5 Å². The maximum atomic E-state index is 12.7. The van der Waals surface area contributed by atoms with Crippen molar-refractivity contribution in [3.05, 3.63) is 0 Å². The van der Waals surface area contributed by atoms with Crippen molar-refractivity contribution in [2.24, 2.45) is 0 Å². The van der Waals surface area contributed by atoms with Gasteiger partial charge in [-0.3, -0.25) is 19.5 Å². The molecule has 1 spiro atoms. The van der Waals surface area contributed by atoms with Crippen molar-refractivity contribution in [3.63, 3.8) is 0 Å². The molecule has 0 radical (unpaired) electrons. The Balaban J connectivity index is 2.29. The number of rotatable bonds is 4. The molecule has 1 aliphatic heterocycles. The summed E-state index contributed by atoms with van der Waals surface area (Å²) in [5.74, 6) is -0.00875. The highest BCUT2D eigenvalue weighted by Gasteiger charge is 2.58. The largest absolute Gasteiger partial charge is 0.329 e. The minimum absolute atomic E-state index is 0.00875. The topological polar surface area (TPSA) is 47.1 Å². The Morgan fingerprint density at radius 1 is 1.00 bits per heavy atom. The average molecular weight is 268 g/mol. The van der Waals surface area contributed by atoms with Gasteiger partial charge in [0.1, 0.15) is 5.54 Å². The van der Waals surface area contributed by atoms with Gasteiger partial charge in [-0.15, -0.1) is 0 Å². The van der Waals surface area contributed by atoms with Crippen LogP contribution in [0.1, 0.15) is 25.7 Å². The van der Waals surface area contributed by atoms with Gasteiger partial charge >= 0.3 is 6.03 Å². The van der Waals surface area contributed by atoms with Gasteiger partial charge in [0.15, 0.2) is 0 Å². The Hall–Kier alpha value is -1.14. The smallest absolute Gasteiger partial charge is 0.297 e. The molecule has 6 nitrogen and oxygen atoms in total. The van der Waals surface area contributed by atoms with E-state index in [4.69, 9.17) is 0 Å². The molecule has 0 unspecified atom stereocenters. The van der Waals surface area contributed by atoms with Gasteiger partial charge in [-0.25, -0.2) is 9.69 Å². The van der Waals surface area contributed by atoms with Gasteiger partial charge in [-0.2, -0.15) is 0 Å². The Bertz CT molecular complexity index is 375. The quantitative estimate of drug-likeness (QED) is 0.701. The van der Waals surface area contributed by atoms with Crippen molar-refractivity contribution in [2.45, 2.75) is 31.2 Å². The van der Waals surface area contributed by atoms with E-state index in [-0.39, 0.29) is 11.9 Å². The molecule has 0 atom stereocenters. The van der Waals surface area contributed by atoms with E-state index >= 15 is 0 Å². The minimum Gasteiger partial charge on any atom is -0.297 e. The molecular weight excluding hydrogens is 244 g/mol. The third-order valence-electron chi connectivity index (χ3n) is 3.90. The van der Waals surface area contributed by atoms with Gasteiger partial charge in [-0.05, 0) is 41.0 Å². The number of nitrogens with zero attached hydrogens (tertiary/aromatic N) is 4. The summed E-state index contributed by atoms with van der Waals surface area (Å²) in [7, 11) is 7.59. The zero-order valence-electron chi connectivity index (χ0n) is 12.3. The van der Waals surface area contributed by atoms with Gasteiger partial charge in [0.05, 0.1) is 13.3 Å². The van der Waals surface area contributed by atoms with E-state index in [2.05, 4.69) is 0 Å². The number of carbonyl (C=O) groups excluding carboxylic acids is 2. The predicted octanol–water partition coefficient (Wildman–Crippen LogP) is 0.602. The average Bonchev–Trinajstić information content (AvgIpc) is 2.86. The van der Waals surface area contributed by atoms with E-state index in [1.165, 1.54) is 4.90 Å². The normalized spacial score (nSPS) is 22.6. The fraction of sp³-hybridized carbons (Fsp3) is 0.846. The fourth-order valence-electron chi connectivity index (χ4n) is 3.11. The van der Waals surface area contributed by atoms with E-state index in [0.717, 1.165) is 25.7 Å². The highest BCUT2D eigenvalue weighted by Crippen LogP contribution is 2.41. The summed E-state index contributed by atoms with van der Waals surface area (Å²) in [5, 5.41) is 0. The van der Waals surface area contributed by atoms with Crippen molar-refractivity contribution < 1.29 is 9.59 Å². The Morgan fingerprint density at radius 3 is 2.00 bits per heavy atom. The van der Waals surface area contributed by atoms with Crippen LogP contribution in [0.2, 0.25) is 0 Å². The Morgan fingerprint density at radius 2 is 1.53 bits per heavy atom. The van der Waals surface area contributed by atoms with Crippen LogP contribution < -0.4 is 0 Å². The molecule has 2 fully saturated rings. The lowest BCUT2D eigenvalue weighted by atomic mass is 9.96. The number of hydrogen-bond donors (Lipinski definition) is 0. The zero-order chi connectivity index (χ0) is 14.2. The maximum Gasteiger partial charge on any atom is 0.329 e. The van der Waals surface area contributed by atoms with E-state index in [1.54, 1.807) is 4.90 Å². The van der Waals surface area contributed by atoms with E-state index in [0.29, 0.717) is 13.3 Å². The molecule has 2 rings (SSSR count). The summed E-state index contributed by atoms with van der Waals surface area (Å²) < 4.78 is 0. The zero-order valence-corrected chi connectivity index (χ0v) is 12.3. The number of urea groups is 1. The van der Waals surface area contributed by atoms with Gasteiger partial charge < -0.3 is 0 Å². The molecule has 19 heavy (non-hydrogen) atoms. The molecule has 6 heteroatoms. The summed E-state index contributed by atoms with van der Waals surface area (Å²) >= 11 is 0. The van der Waals surface area contributed by atoms with Crippen molar-refractivity contribution in [1.29, 1.82) is 0 Å². The lowest BCUT2D eigenvalue weighted by Crippen LogP contribution is -2.50. The van der Waals surface area contributed by atoms with E-state index in [1.807, 2.05) is 38.0 Å². The Kier molecular flexibility index (Phi) is 3.82. The summed E-state index contributed by atoms with van der Waals surface area (Å²) in [6.45, 7) is 0.873. The molecule has 3 amide bonds. The van der Waals surface area contributed by atoms with Crippen LogP contribution in [0.5, 0.6) is 0 Å². The molecule has 2 aliphatic rings. The van der Waals surface area contributed by atoms with Crippen LogP contribution in [-0.4, -0.2) is 78.6 Å². The molecular formula is C13H24N4O2. The van der Waals surface area contributed by atoms with Crippen molar-refractivity contribution >= 4 is 11.9 Å². The first-order valence-electron chi connectivity index (χ1n) is 6.81. The molecule has 1 heterocycles. The first-order valence-corrected chi connectivity index (χ1v) is 6.81. The lowest BCUT2D eigenvalue weighted by molar-refractivity contribution is -0.134. The van der Waals surface area contributed by atoms with Gasteiger partial charge in [0.2, 0.25) is 0 Å². The summed E-state index contributed by atoms with van der Waals surface area (Å²) in [6, 6.07) is -0.144. The van der Waals surface area contributed by atoms with E-state index < -0.39 is 5.54 Å². The van der Waals surface area contributed by atoms with Crippen LogP contribution in [0.3, 0.4) is 0 Å². The standard InChI is InChI=1S/C13H24N4O2/c1-14(2)9-16-11(18)13(7-5-6-8-13)17(12(16)19)10-15(3)4/h5-10H2,1-4H3. The van der Waals surface area contributed by atoms with Crippen LogP contribution in [0.15, 0.2) is 0 Å². The number of carbonyl (C=O) groups is 2. The molecule has 108 valence electrons. The Labute approximate surface area is 114 Å². The van der Waals surface area contributed by atoms with Crippen LogP contribution in [0.25, 0.3) is 0 Å². The highest BCUT2D eigenvalue weighted by molar-refractivity contribution is 6.07. The second-order valence-electron chi connectivity index (χ2n) is 6.12. The third kappa shape index (κ3) is 2.34. The van der Waals surface area contributed by atoms with Crippen molar-refractivity contribution in [1.82, 2.24) is 19.6 Å². The molecule has 0 aromatic rings. The molecule has 1 saturated heterocycles. The maximum absolute atomic E-state index is 12.7. The molecule has 0 aromatic heterocycles. The lowest BCUT2D eigenvalue weighted by Gasteiger charge is -2.33. The second kappa shape index (κ2) is 5.09. The number of hydrogen-bond acceptors (Lipinski definition) is 4. The summed E-state index contributed by atoms with van der Waals surface area (Å²) in [4.78, 5) is 32.2. The first kappa shape index (κ1) is 14.3. The fourth-order valence-corrected chi connectivity index (χ4v) is 3.11. The minimum atomic E-state index is -0.572. The molecule has 0 bridgehead atoms. The number of imide groups is 1. The van der Waals surface area contributed by atoms with Crippen LogP contribution in [0.4, 0.5) is 4.79 Å². The molecule has 0 N–H and O–H groups in total. The predicted molar refractivity (Wildman–Crippen MR) is 72.4 cm³/mol. The second-order valence-corrected chi connectivity index (χ2v) is 6.12. The highest BCUT2D eigenvalue weighted by atomic mass is 16.2. The van der Waals surface area contributed by atoms with E-state index in [9.17, 15) is 9.59 Å². The monoisotopic (exact) mass is 268 g/mol. The van der Waals surface area contributed by atoms with Crippen LogP contribution >= 0.6 is 0 Å². The van der Waals surface area contributed by atoms with Crippen molar-refractivity contribution in [3.8, 4) is 0 Å². The SMILES string of the molecule is CN(C)CN1C(=O)N(CN(C)C)C2(CCCC2)C1=O. The third-order valence-corrected chi connectivity index (χ3v) is 3.90. The summed E-state index contributed by atoms with van der Waals surface area (Å²) in [5.41, 5.74) is -0.572. The molecule has 0 aromatic carbocycles. The molecule has 1 saturated carbocycles. The summed E-state index contributed by atoms with van der Waals surface area (Å²) in [6.07, 6.45) is 3.65. The number of amides is 3. The van der Waals surface area contributed by atoms with Gasteiger partial charge in [0, 0.05) is 0 Å². The van der Waals surface area contributed by atoms with Crippen LogP contribution in [-0.2, 0) is 4.79 Å². The van der Waals surface area contributed by atoms with Gasteiger partial charge in [0.25, 0.3) is 5.91 Å². The molecule has 1 aliphatic carbocycles. The van der Waals surface area contributed by atoms with Gasteiger partial charge in [-0.1, -0.05) is 12.8 Å².